The van der Waals surface area contributed by atoms with Crippen molar-refractivity contribution in [2.75, 3.05) is 0 Å². The first-order chi connectivity index (χ1) is 6.43. The van der Waals surface area contributed by atoms with Gasteiger partial charge in [-0.2, -0.15) is 0 Å². The van der Waals surface area contributed by atoms with Crippen molar-refractivity contribution >= 4 is 0 Å². The fourth-order valence-corrected chi connectivity index (χ4v) is 1.56. The van der Waals surface area contributed by atoms with Gasteiger partial charge in [0.25, 0.3) is 0 Å². The third-order valence-electron chi connectivity index (χ3n) is 2.97. The van der Waals surface area contributed by atoms with Gasteiger partial charge in [0.1, 0.15) is 0 Å². The Labute approximate surface area is 90.7 Å². The molecule has 0 rings (SSSR count). The van der Waals surface area contributed by atoms with Crippen molar-refractivity contribution in [3.63, 3.8) is 0 Å². The maximum absolute atomic E-state index is 3.65. The predicted molar refractivity (Wildman–Crippen MR) is 65.6 cm³/mol. The van der Waals surface area contributed by atoms with Gasteiger partial charge in [-0.25, -0.2) is 0 Å². The fraction of sp³-hybridized carbons (Fsp3) is 1.00. The van der Waals surface area contributed by atoms with E-state index in [-0.39, 0.29) is 0 Å². The highest BCUT2D eigenvalue weighted by molar-refractivity contribution is 4.70. The molecule has 2 atom stereocenters. The molecular formula is C13H29N. The number of nitrogens with one attached hydrogen (secondary N) is 1. The quantitative estimate of drug-likeness (QED) is 0.657. The Morgan fingerprint density at radius 3 is 1.86 bits per heavy atom. The maximum atomic E-state index is 3.65. The zero-order chi connectivity index (χ0) is 11.1. The van der Waals surface area contributed by atoms with E-state index in [0.717, 1.165) is 11.8 Å². The van der Waals surface area contributed by atoms with E-state index in [1.165, 1.54) is 19.3 Å². The normalized spacial score (nSPS) is 16.3. The number of hydrogen-bond acceptors (Lipinski definition) is 1. The first-order valence-corrected chi connectivity index (χ1v) is 6.19. The third kappa shape index (κ3) is 7.37. The van der Waals surface area contributed by atoms with Crippen LogP contribution in [0.5, 0.6) is 0 Å². The highest BCUT2D eigenvalue weighted by atomic mass is 14.9. The van der Waals surface area contributed by atoms with Crippen molar-refractivity contribution in [2.24, 2.45) is 11.8 Å². The average Bonchev–Trinajstić information content (AvgIpc) is 2.02. The zero-order valence-electron chi connectivity index (χ0n) is 10.9. The maximum Gasteiger partial charge on any atom is 0.00642 e. The molecule has 0 saturated heterocycles. The van der Waals surface area contributed by atoms with Crippen molar-refractivity contribution in [1.29, 1.82) is 0 Å². The predicted octanol–water partition coefficient (Wildman–Crippen LogP) is 3.84. The first kappa shape index (κ1) is 14.0. The van der Waals surface area contributed by atoms with Crippen LogP contribution in [-0.2, 0) is 0 Å². The average molecular weight is 199 g/mol. The van der Waals surface area contributed by atoms with Gasteiger partial charge in [0.05, 0.1) is 0 Å². The molecule has 0 radical (unpaired) electrons. The van der Waals surface area contributed by atoms with Gasteiger partial charge in [0.2, 0.25) is 0 Å². The summed E-state index contributed by atoms with van der Waals surface area (Å²) in [6.45, 7) is 13.7. The molecule has 0 aliphatic carbocycles. The largest absolute Gasteiger partial charge is 0.312 e. The third-order valence-corrected chi connectivity index (χ3v) is 2.97. The van der Waals surface area contributed by atoms with E-state index in [2.05, 4.69) is 46.9 Å². The second kappa shape index (κ2) is 7.28. The van der Waals surface area contributed by atoms with Crippen LogP contribution >= 0.6 is 0 Å². The molecule has 1 N–H and O–H groups in total. The molecule has 0 aromatic rings. The van der Waals surface area contributed by atoms with E-state index in [4.69, 9.17) is 0 Å². The smallest absolute Gasteiger partial charge is 0.00642 e. The summed E-state index contributed by atoms with van der Waals surface area (Å²) in [7, 11) is 0. The van der Waals surface area contributed by atoms with E-state index >= 15 is 0 Å². The van der Waals surface area contributed by atoms with Gasteiger partial charge in [-0.1, -0.05) is 40.5 Å². The number of hydrogen-bond donors (Lipinski definition) is 1. The van der Waals surface area contributed by atoms with Gasteiger partial charge >= 0.3 is 0 Å². The van der Waals surface area contributed by atoms with E-state index in [1.54, 1.807) is 0 Å². The topological polar surface area (TPSA) is 12.0 Å². The Bertz CT molecular complexity index is 129. The summed E-state index contributed by atoms with van der Waals surface area (Å²) in [5.74, 6) is 1.59. The van der Waals surface area contributed by atoms with Crippen LogP contribution in [0.2, 0.25) is 0 Å². The molecule has 0 aliphatic heterocycles. The van der Waals surface area contributed by atoms with Crippen LogP contribution in [-0.4, -0.2) is 12.1 Å². The minimum absolute atomic E-state index is 0.643. The Hall–Kier alpha value is -0.0400. The Morgan fingerprint density at radius 1 is 0.857 bits per heavy atom. The van der Waals surface area contributed by atoms with Crippen LogP contribution in [0.25, 0.3) is 0 Å². The molecule has 0 bridgehead atoms. The SMILES string of the molecule is CC(C)CCCC(C)NC(C)C(C)C. The molecule has 0 saturated carbocycles. The molecule has 14 heavy (non-hydrogen) atoms. The lowest BCUT2D eigenvalue weighted by atomic mass is 10.0. The molecule has 1 nitrogen and oxygen atoms in total. The lowest BCUT2D eigenvalue weighted by Gasteiger charge is -2.23. The molecule has 0 aromatic carbocycles. The summed E-state index contributed by atoms with van der Waals surface area (Å²) < 4.78 is 0. The van der Waals surface area contributed by atoms with Crippen molar-refractivity contribution < 1.29 is 0 Å². The van der Waals surface area contributed by atoms with E-state index < -0.39 is 0 Å². The van der Waals surface area contributed by atoms with Crippen LogP contribution in [0, 0.1) is 11.8 Å². The molecular weight excluding hydrogens is 170 g/mol. The van der Waals surface area contributed by atoms with Gasteiger partial charge in [0, 0.05) is 12.1 Å². The number of rotatable bonds is 7. The summed E-state index contributed by atoms with van der Waals surface area (Å²) in [6, 6.07) is 1.32. The van der Waals surface area contributed by atoms with Gasteiger partial charge < -0.3 is 5.32 Å². The van der Waals surface area contributed by atoms with Crippen LogP contribution in [0.3, 0.4) is 0 Å². The van der Waals surface area contributed by atoms with E-state index in [0.29, 0.717) is 12.1 Å². The van der Waals surface area contributed by atoms with Gasteiger partial charge in [-0.15, -0.1) is 0 Å². The Morgan fingerprint density at radius 2 is 1.43 bits per heavy atom. The molecule has 2 unspecified atom stereocenters. The first-order valence-electron chi connectivity index (χ1n) is 6.19. The van der Waals surface area contributed by atoms with Crippen molar-refractivity contribution in [1.82, 2.24) is 5.32 Å². The van der Waals surface area contributed by atoms with Crippen LogP contribution in [0.15, 0.2) is 0 Å². The lowest BCUT2D eigenvalue weighted by Crippen LogP contribution is -2.37. The monoisotopic (exact) mass is 199 g/mol. The van der Waals surface area contributed by atoms with E-state index in [9.17, 15) is 0 Å². The molecule has 0 heterocycles. The van der Waals surface area contributed by atoms with Gasteiger partial charge in [0.15, 0.2) is 0 Å². The fourth-order valence-electron chi connectivity index (χ4n) is 1.56. The molecule has 0 spiro atoms. The van der Waals surface area contributed by atoms with Crippen molar-refractivity contribution in [3.05, 3.63) is 0 Å². The molecule has 86 valence electrons. The highest BCUT2D eigenvalue weighted by Crippen LogP contribution is 2.09. The zero-order valence-corrected chi connectivity index (χ0v) is 10.9. The summed E-state index contributed by atoms with van der Waals surface area (Å²) in [4.78, 5) is 0. The van der Waals surface area contributed by atoms with Crippen molar-refractivity contribution in [2.45, 2.75) is 72.9 Å². The Kier molecular flexibility index (Phi) is 7.26. The molecule has 0 fully saturated rings. The van der Waals surface area contributed by atoms with Crippen LogP contribution < -0.4 is 5.32 Å². The van der Waals surface area contributed by atoms with Gasteiger partial charge in [-0.3, -0.25) is 0 Å². The van der Waals surface area contributed by atoms with Gasteiger partial charge in [-0.05, 0) is 32.1 Å². The second-order valence-corrected chi connectivity index (χ2v) is 5.43. The summed E-state index contributed by atoms with van der Waals surface area (Å²) in [6.07, 6.45) is 4.04. The minimum atomic E-state index is 0.643. The van der Waals surface area contributed by atoms with Crippen LogP contribution in [0.1, 0.15) is 60.8 Å². The Balaban J connectivity index is 3.50. The van der Waals surface area contributed by atoms with E-state index in [1.807, 2.05) is 0 Å². The van der Waals surface area contributed by atoms with Crippen LogP contribution in [0.4, 0.5) is 0 Å². The summed E-state index contributed by atoms with van der Waals surface area (Å²) >= 11 is 0. The summed E-state index contributed by atoms with van der Waals surface area (Å²) in [5.41, 5.74) is 0. The van der Waals surface area contributed by atoms with Crippen molar-refractivity contribution in [3.8, 4) is 0 Å². The minimum Gasteiger partial charge on any atom is -0.312 e. The standard InChI is InChI=1S/C13H29N/c1-10(2)8-7-9-12(5)14-13(6)11(3)4/h10-14H,7-9H2,1-6H3. The molecule has 0 aliphatic rings. The molecule has 1 heteroatoms. The second-order valence-electron chi connectivity index (χ2n) is 5.43. The molecule has 0 amide bonds. The highest BCUT2D eigenvalue weighted by Gasteiger charge is 2.10. The molecule has 0 aromatic heterocycles. The summed E-state index contributed by atoms with van der Waals surface area (Å²) in [5, 5.41) is 3.65. The lowest BCUT2D eigenvalue weighted by molar-refractivity contribution is 0.361.